The van der Waals surface area contributed by atoms with Crippen LogP contribution in [0.2, 0.25) is 0 Å². The standard InChI is InChI=1S/C20H28N4O4/c1-23(2)10-12-27-19(25)18-16(15-8-6-7-9-17(15)26-5)14-21-20(22-18)28-13-11-24(3)4/h6-9,14H,10-13H2,1-5H3. The molecule has 8 nitrogen and oxygen atoms in total. The first-order chi connectivity index (χ1) is 13.4. The first-order valence-electron chi connectivity index (χ1n) is 9.02. The van der Waals surface area contributed by atoms with Gasteiger partial charge in [-0.1, -0.05) is 18.2 Å². The van der Waals surface area contributed by atoms with E-state index in [1.807, 2.05) is 62.3 Å². The lowest BCUT2D eigenvalue weighted by Crippen LogP contribution is -2.22. The van der Waals surface area contributed by atoms with E-state index in [0.717, 1.165) is 0 Å². The lowest BCUT2D eigenvalue weighted by Gasteiger charge is -2.14. The first-order valence-corrected chi connectivity index (χ1v) is 9.02. The maximum absolute atomic E-state index is 12.7. The molecular weight excluding hydrogens is 360 g/mol. The fourth-order valence-corrected chi connectivity index (χ4v) is 2.36. The van der Waals surface area contributed by atoms with Crippen LogP contribution in [0.1, 0.15) is 10.5 Å². The van der Waals surface area contributed by atoms with Crippen LogP contribution in [0.15, 0.2) is 30.5 Å². The Bertz CT molecular complexity index is 781. The summed E-state index contributed by atoms with van der Waals surface area (Å²) in [6.45, 7) is 2.00. The third kappa shape index (κ3) is 6.17. The molecule has 0 bridgehead atoms. The Morgan fingerprint density at radius 1 is 1.00 bits per heavy atom. The Hall–Kier alpha value is -2.71. The van der Waals surface area contributed by atoms with Gasteiger partial charge in [-0.25, -0.2) is 9.78 Å². The number of aromatic nitrogens is 2. The highest BCUT2D eigenvalue weighted by molar-refractivity contribution is 5.96. The van der Waals surface area contributed by atoms with Crippen molar-refractivity contribution in [2.45, 2.75) is 0 Å². The minimum atomic E-state index is -0.525. The SMILES string of the molecule is COc1ccccc1-c1cnc(OCCN(C)C)nc1C(=O)OCCN(C)C. The zero-order valence-electron chi connectivity index (χ0n) is 17.1. The maximum Gasteiger partial charge on any atom is 0.357 e. The molecule has 0 unspecified atom stereocenters. The Kier molecular flexibility index (Phi) is 8.16. The molecule has 2 aromatic rings. The number of methoxy groups -OCH3 is 1. The molecule has 8 heteroatoms. The van der Waals surface area contributed by atoms with E-state index in [2.05, 4.69) is 9.97 Å². The number of nitrogens with zero attached hydrogens (tertiary/aromatic N) is 4. The van der Waals surface area contributed by atoms with Crippen LogP contribution in [0.5, 0.6) is 11.8 Å². The first kappa shape index (κ1) is 21.6. The van der Waals surface area contributed by atoms with Crippen molar-refractivity contribution < 1.29 is 19.0 Å². The molecular formula is C20H28N4O4. The highest BCUT2D eigenvalue weighted by Gasteiger charge is 2.21. The maximum atomic E-state index is 12.7. The van der Waals surface area contributed by atoms with Crippen molar-refractivity contribution in [3.63, 3.8) is 0 Å². The minimum Gasteiger partial charge on any atom is -0.496 e. The normalized spacial score (nSPS) is 11.0. The van der Waals surface area contributed by atoms with Crippen molar-refractivity contribution in [3.8, 4) is 22.9 Å². The topological polar surface area (TPSA) is 77.0 Å². The fourth-order valence-electron chi connectivity index (χ4n) is 2.36. The van der Waals surface area contributed by atoms with Gasteiger partial charge in [-0.05, 0) is 34.3 Å². The van der Waals surface area contributed by atoms with Gasteiger partial charge in [0.1, 0.15) is 19.0 Å². The van der Waals surface area contributed by atoms with Gasteiger partial charge in [-0.3, -0.25) is 0 Å². The summed E-state index contributed by atoms with van der Waals surface area (Å²) in [5, 5.41) is 0. The molecule has 1 aromatic carbocycles. The molecule has 0 saturated heterocycles. The van der Waals surface area contributed by atoms with Crippen molar-refractivity contribution in [3.05, 3.63) is 36.2 Å². The summed E-state index contributed by atoms with van der Waals surface area (Å²) in [6.07, 6.45) is 1.57. The molecule has 0 saturated carbocycles. The molecule has 0 atom stereocenters. The predicted molar refractivity (Wildman–Crippen MR) is 107 cm³/mol. The number of likely N-dealkylation sites (N-methyl/N-ethyl adjacent to an activating group) is 2. The Balaban J connectivity index is 2.33. The number of benzene rings is 1. The van der Waals surface area contributed by atoms with Gasteiger partial charge in [0.05, 0.1) is 7.11 Å². The van der Waals surface area contributed by atoms with Crippen LogP contribution in [0.25, 0.3) is 11.1 Å². The number of ether oxygens (including phenoxy) is 3. The number of esters is 1. The molecule has 152 valence electrons. The van der Waals surface area contributed by atoms with Crippen LogP contribution in [-0.2, 0) is 4.74 Å². The second-order valence-electron chi connectivity index (χ2n) is 6.71. The van der Waals surface area contributed by atoms with Crippen LogP contribution < -0.4 is 9.47 Å². The smallest absolute Gasteiger partial charge is 0.357 e. The van der Waals surface area contributed by atoms with Gasteiger partial charge in [-0.15, -0.1) is 0 Å². The average Bonchev–Trinajstić information content (AvgIpc) is 2.67. The molecule has 0 fully saturated rings. The number of carbonyl (C=O) groups excluding carboxylic acids is 1. The van der Waals surface area contributed by atoms with Gasteiger partial charge >= 0.3 is 12.0 Å². The lowest BCUT2D eigenvalue weighted by atomic mass is 10.0. The summed E-state index contributed by atoms with van der Waals surface area (Å²) in [5.74, 6) is 0.0948. The molecule has 28 heavy (non-hydrogen) atoms. The summed E-state index contributed by atoms with van der Waals surface area (Å²) in [5.41, 5.74) is 1.40. The van der Waals surface area contributed by atoms with E-state index >= 15 is 0 Å². The summed E-state index contributed by atoms with van der Waals surface area (Å²) in [7, 11) is 9.30. The Morgan fingerprint density at radius 2 is 1.68 bits per heavy atom. The summed E-state index contributed by atoms with van der Waals surface area (Å²) in [6, 6.07) is 7.52. The third-order valence-electron chi connectivity index (χ3n) is 3.90. The Morgan fingerprint density at radius 3 is 2.36 bits per heavy atom. The Labute approximate surface area is 166 Å². The van der Waals surface area contributed by atoms with E-state index < -0.39 is 5.97 Å². The number of hydrogen-bond donors (Lipinski definition) is 0. The van der Waals surface area contributed by atoms with Crippen molar-refractivity contribution in [2.75, 3.05) is 61.6 Å². The zero-order chi connectivity index (χ0) is 20.5. The predicted octanol–water partition coefficient (Wildman–Crippen LogP) is 1.81. The van der Waals surface area contributed by atoms with E-state index in [-0.39, 0.29) is 18.3 Å². The van der Waals surface area contributed by atoms with Crippen LogP contribution in [0, 0.1) is 0 Å². The fraction of sp³-hybridized carbons (Fsp3) is 0.450. The second kappa shape index (κ2) is 10.6. The molecule has 1 heterocycles. The molecule has 2 rings (SSSR count). The average molecular weight is 388 g/mol. The van der Waals surface area contributed by atoms with Gasteiger partial charge in [0, 0.05) is 30.4 Å². The van der Waals surface area contributed by atoms with E-state index in [4.69, 9.17) is 14.2 Å². The van der Waals surface area contributed by atoms with Gasteiger partial charge in [0.25, 0.3) is 0 Å². The molecule has 0 aliphatic rings. The van der Waals surface area contributed by atoms with E-state index in [1.54, 1.807) is 13.3 Å². The number of hydrogen-bond acceptors (Lipinski definition) is 8. The molecule has 0 amide bonds. The van der Waals surface area contributed by atoms with Gasteiger partial charge in [0.2, 0.25) is 0 Å². The van der Waals surface area contributed by atoms with Gasteiger partial charge < -0.3 is 24.0 Å². The highest BCUT2D eigenvalue weighted by Crippen LogP contribution is 2.32. The number of para-hydroxylation sites is 1. The van der Waals surface area contributed by atoms with E-state index in [0.29, 0.717) is 36.6 Å². The van der Waals surface area contributed by atoms with E-state index in [9.17, 15) is 4.79 Å². The molecule has 0 spiro atoms. The monoisotopic (exact) mass is 388 g/mol. The largest absolute Gasteiger partial charge is 0.496 e. The number of carbonyl (C=O) groups is 1. The molecule has 0 N–H and O–H groups in total. The second-order valence-corrected chi connectivity index (χ2v) is 6.71. The van der Waals surface area contributed by atoms with E-state index in [1.165, 1.54) is 0 Å². The summed E-state index contributed by atoms with van der Waals surface area (Å²) >= 11 is 0. The minimum absolute atomic E-state index is 0.139. The van der Waals surface area contributed by atoms with Crippen molar-refractivity contribution in [1.82, 2.24) is 19.8 Å². The summed E-state index contributed by atoms with van der Waals surface area (Å²) < 4.78 is 16.4. The van der Waals surface area contributed by atoms with Crippen LogP contribution in [0.4, 0.5) is 0 Å². The molecule has 0 aliphatic heterocycles. The van der Waals surface area contributed by atoms with Crippen LogP contribution in [-0.4, -0.2) is 87.3 Å². The van der Waals surface area contributed by atoms with Crippen LogP contribution >= 0.6 is 0 Å². The molecule has 0 aliphatic carbocycles. The van der Waals surface area contributed by atoms with Crippen molar-refractivity contribution in [1.29, 1.82) is 0 Å². The lowest BCUT2D eigenvalue weighted by molar-refractivity contribution is 0.0474. The highest BCUT2D eigenvalue weighted by atomic mass is 16.5. The molecule has 0 radical (unpaired) electrons. The summed E-state index contributed by atoms with van der Waals surface area (Å²) in [4.78, 5) is 25.2. The quantitative estimate of drug-likeness (QED) is 0.571. The van der Waals surface area contributed by atoms with Gasteiger partial charge in [0.15, 0.2) is 5.69 Å². The van der Waals surface area contributed by atoms with Crippen LogP contribution in [0.3, 0.4) is 0 Å². The third-order valence-corrected chi connectivity index (χ3v) is 3.90. The number of rotatable bonds is 10. The zero-order valence-corrected chi connectivity index (χ0v) is 17.1. The van der Waals surface area contributed by atoms with Gasteiger partial charge in [-0.2, -0.15) is 4.98 Å². The molecule has 1 aromatic heterocycles. The van der Waals surface area contributed by atoms with Crippen molar-refractivity contribution in [2.24, 2.45) is 0 Å². The van der Waals surface area contributed by atoms with Crippen molar-refractivity contribution >= 4 is 5.97 Å².